The molecule has 0 aliphatic rings. The van der Waals surface area contributed by atoms with Crippen molar-refractivity contribution in [3.63, 3.8) is 0 Å². The van der Waals surface area contributed by atoms with E-state index < -0.39 is 0 Å². The highest BCUT2D eigenvalue weighted by Gasteiger charge is 1.55. The maximum atomic E-state index is 3.22. The topological polar surface area (TPSA) is 0 Å². The molecule has 0 saturated heterocycles. The Balaban J connectivity index is -0.0000000787. The van der Waals surface area contributed by atoms with E-state index >= 15 is 0 Å². The van der Waals surface area contributed by atoms with Crippen molar-refractivity contribution in [1.82, 2.24) is 0 Å². The van der Waals surface area contributed by atoms with Gasteiger partial charge in [-0.3, -0.25) is 0 Å². The van der Waals surface area contributed by atoms with Crippen LogP contribution in [-0.2, 0) is 0 Å². The van der Waals surface area contributed by atoms with Crippen LogP contribution in [0.3, 0.4) is 0 Å². The van der Waals surface area contributed by atoms with Crippen LogP contribution in [0.25, 0.3) is 0 Å². The molecule has 0 saturated carbocycles. The smallest absolute Gasteiger partial charge is 0.00793 e. The van der Waals surface area contributed by atoms with Crippen molar-refractivity contribution >= 4 is 66.5 Å². The highest BCUT2D eigenvalue weighted by atomic mass is 33.1. The standard InChI is InChI=1S/2C2H6S2.H2S2/c2*1-3-4-2;1-2/h2*1-2H3;1-2H. The summed E-state index contributed by atoms with van der Waals surface area (Å²) in [5.74, 6) is 0. The molecule has 0 bridgehead atoms. The lowest BCUT2D eigenvalue weighted by Gasteiger charge is -1.69. The molecular weight excluding hydrogens is 240 g/mol. The maximum Gasteiger partial charge on any atom is -0.00793 e. The normalized spacial score (nSPS) is 6.60. The molecule has 0 nitrogen and oxygen atoms in total. The number of hydrogen-bond donors (Lipinski definition) is 2. The summed E-state index contributed by atoms with van der Waals surface area (Å²) in [6.45, 7) is 0. The van der Waals surface area contributed by atoms with Gasteiger partial charge < -0.3 is 0 Å². The Hall–Kier alpha value is 2.10. The van der Waals surface area contributed by atoms with Crippen molar-refractivity contribution < 1.29 is 0 Å². The molecule has 0 aliphatic heterocycles. The van der Waals surface area contributed by atoms with Gasteiger partial charge >= 0.3 is 0 Å². The van der Waals surface area contributed by atoms with Crippen LogP contribution in [0, 0.1) is 0 Å². The second kappa shape index (κ2) is 30.4. The Morgan fingerprint density at radius 1 is 0.600 bits per heavy atom. The average molecular weight is 255 g/mol. The van der Waals surface area contributed by atoms with Gasteiger partial charge in [-0.25, -0.2) is 0 Å². The Morgan fingerprint density at radius 2 is 0.700 bits per heavy atom. The molecule has 0 fully saturated rings. The summed E-state index contributed by atoms with van der Waals surface area (Å²) < 4.78 is 0. The van der Waals surface area contributed by atoms with E-state index in [4.69, 9.17) is 0 Å². The molecule has 66 valence electrons. The lowest BCUT2D eigenvalue weighted by molar-refractivity contribution is 2.51. The molecule has 6 heteroatoms. The predicted molar refractivity (Wildman–Crippen MR) is 72.0 cm³/mol. The summed E-state index contributed by atoms with van der Waals surface area (Å²) in [6.07, 6.45) is 8.24. The second-order valence-corrected chi connectivity index (χ2v) is 6.00. The summed E-state index contributed by atoms with van der Waals surface area (Å²) >= 11 is 6.44. The average Bonchev–Trinajstić information content (AvgIpc) is 2.08. The van der Waals surface area contributed by atoms with Gasteiger partial charge in [0.05, 0.1) is 0 Å². The summed E-state index contributed by atoms with van der Waals surface area (Å²) in [7, 11) is 7.09. The van der Waals surface area contributed by atoms with E-state index in [9.17, 15) is 0 Å². The SMILES string of the molecule is CSSC.CSSC.SS. The molecule has 0 aromatic carbocycles. The van der Waals surface area contributed by atoms with E-state index in [2.05, 4.69) is 48.3 Å². The lowest BCUT2D eigenvalue weighted by Crippen LogP contribution is -1.28. The van der Waals surface area contributed by atoms with Gasteiger partial charge in [0, 0.05) is 0 Å². The Morgan fingerprint density at radius 3 is 0.700 bits per heavy atom. The first kappa shape index (κ1) is 18.0. The summed E-state index contributed by atoms with van der Waals surface area (Å²) in [5, 5.41) is 0. The number of hydrogen-bond acceptors (Lipinski definition) is 6. The van der Waals surface area contributed by atoms with Gasteiger partial charge in [0.2, 0.25) is 0 Å². The van der Waals surface area contributed by atoms with Crippen LogP contribution in [0.2, 0.25) is 0 Å². The van der Waals surface area contributed by atoms with Crippen LogP contribution < -0.4 is 0 Å². The molecule has 0 heterocycles. The van der Waals surface area contributed by atoms with Gasteiger partial charge in [-0.05, 0) is 25.0 Å². The first-order valence-corrected chi connectivity index (χ1v) is 9.70. The monoisotopic (exact) mass is 254 g/mol. The van der Waals surface area contributed by atoms with Gasteiger partial charge in [0.1, 0.15) is 0 Å². The van der Waals surface area contributed by atoms with Crippen molar-refractivity contribution in [2.24, 2.45) is 0 Å². The third-order valence-electron chi connectivity index (χ3n) is 0.333. The molecule has 0 amide bonds. The molecule has 0 radical (unpaired) electrons. The maximum absolute atomic E-state index is 3.22. The Bertz CT molecular complexity index is 17.7. The molecule has 0 spiro atoms. The molecular formula is C4H14S6. The molecule has 0 aromatic heterocycles. The van der Waals surface area contributed by atoms with Crippen molar-refractivity contribution in [2.75, 3.05) is 25.0 Å². The Labute approximate surface area is 90.8 Å². The van der Waals surface area contributed by atoms with Crippen LogP contribution in [0.4, 0.5) is 0 Å². The lowest BCUT2D eigenvalue weighted by atomic mass is 12.0. The third kappa shape index (κ3) is 49.8. The van der Waals surface area contributed by atoms with E-state index in [1.54, 1.807) is 43.2 Å². The molecule has 0 N–H and O–H groups in total. The van der Waals surface area contributed by atoms with E-state index in [0.29, 0.717) is 0 Å². The predicted octanol–water partition coefficient (Wildman–Crippen LogP) is 4.02. The largest absolute Gasteiger partial charge is 0.115 e. The minimum absolute atomic E-state index is 1.77. The number of rotatable bonds is 2. The molecule has 10 heavy (non-hydrogen) atoms. The fourth-order valence-electron chi connectivity index (χ4n) is 0. The van der Waals surface area contributed by atoms with Crippen molar-refractivity contribution in [2.45, 2.75) is 0 Å². The molecule has 0 aliphatic carbocycles. The Kier molecular flexibility index (Phi) is 54.8. The van der Waals surface area contributed by atoms with Crippen LogP contribution in [-0.4, -0.2) is 25.0 Å². The summed E-state index contributed by atoms with van der Waals surface area (Å²) in [4.78, 5) is 0. The molecule has 0 atom stereocenters. The van der Waals surface area contributed by atoms with Gasteiger partial charge in [-0.15, -0.1) is 23.3 Å². The zero-order valence-corrected chi connectivity index (χ0v) is 11.6. The summed E-state index contributed by atoms with van der Waals surface area (Å²) in [5.41, 5.74) is 0. The van der Waals surface area contributed by atoms with Gasteiger partial charge in [-0.1, -0.05) is 43.2 Å². The van der Waals surface area contributed by atoms with Crippen LogP contribution in [0.5, 0.6) is 0 Å². The fourth-order valence-corrected chi connectivity index (χ4v) is 0. The van der Waals surface area contributed by atoms with Gasteiger partial charge in [0.25, 0.3) is 0 Å². The molecule has 0 rings (SSSR count). The first-order chi connectivity index (χ1) is 4.83. The first-order valence-electron chi connectivity index (χ1n) is 2.17. The number of thiol groups is 2. The molecule has 0 aromatic rings. The molecule has 0 unspecified atom stereocenters. The van der Waals surface area contributed by atoms with E-state index in [0.717, 1.165) is 0 Å². The van der Waals surface area contributed by atoms with Gasteiger partial charge in [-0.2, -0.15) is 0 Å². The highest BCUT2D eigenvalue weighted by molar-refractivity contribution is 8.76. The second-order valence-electron chi connectivity index (χ2n) is 0.667. The van der Waals surface area contributed by atoms with Crippen molar-refractivity contribution in [1.29, 1.82) is 0 Å². The zero-order chi connectivity index (χ0) is 8.83. The van der Waals surface area contributed by atoms with Crippen molar-refractivity contribution in [3.8, 4) is 0 Å². The minimum atomic E-state index is 1.77. The quantitative estimate of drug-likeness (QED) is 0.564. The minimum Gasteiger partial charge on any atom is -0.115 e. The zero-order valence-electron chi connectivity index (χ0n) is 6.53. The van der Waals surface area contributed by atoms with E-state index in [1.807, 2.05) is 0 Å². The fraction of sp³-hybridized carbons (Fsp3) is 1.00. The third-order valence-corrected chi connectivity index (χ3v) is 3.00. The van der Waals surface area contributed by atoms with E-state index in [-0.39, 0.29) is 0 Å². The highest BCUT2D eigenvalue weighted by Crippen LogP contribution is 2.09. The van der Waals surface area contributed by atoms with Crippen molar-refractivity contribution in [3.05, 3.63) is 0 Å². The van der Waals surface area contributed by atoms with Crippen LogP contribution in [0.15, 0.2) is 0 Å². The van der Waals surface area contributed by atoms with Gasteiger partial charge in [0.15, 0.2) is 0 Å². The summed E-state index contributed by atoms with van der Waals surface area (Å²) in [6, 6.07) is 0. The van der Waals surface area contributed by atoms with Crippen LogP contribution >= 0.6 is 66.5 Å². The van der Waals surface area contributed by atoms with E-state index in [1.165, 1.54) is 0 Å². The van der Waals surface area contributed by atoms with Crippen LogP contribution in [0.1, 0.15) is 0 Å².